The summed E-state index contributed by atoms with van der Waals surface area (Å²) in [6, 6.07) is 5.66. The molecule has 0 aliphatic heterocycles. The first-order valence-corrected chi connectivity index (χ1v) is 8.28. The van der Waals surface area contributed by atoms with Crippen LogP contribution in [0.1, 0.15) is 75.1 Å². The van der Waals surface area contributed by atoms with Crippen molar-refractivity contribution in [2.75, 3.05) is 6.54 Å². The van der Waals surface area contributed by atoms with Gasteiger partial charge in [0.1, 0.15) is 5.82 Å². The number of hydrogen-bond acceptors (Lipinski definition) is 1. The second-order valence-electron chi connectivity index (χ2n) is 5.59. The van der Waals surface area contributed by atoms with Gasteiger partial charge in [-0.3, -0.25) is 4.79 Å². The molecule has 1 rings (SSSR count). The Labute approximate surface area is 128 Å². The number of halogens is 1. The van der Waals surface area contributed by atoms with Gasteiger partial charge in [0.2, 0.25) is 0 Å². The fourth-order valence-corrected chi connectivity index (χ4v) is 2.34. The highest BCUT2D eigenvalue weighted by molar-refractivity contribution is 5.94. The van der Waals surface area contributed by atoms with Crippen LogP contribution in [0, 0.1) is 5.82 Å². The van der Waals surface area contributed by atoms with E-state index in [1.807, 2.05) is 0 Å². The van der Waals surface area contributed by atoms with E-state index in [0.29, 0.717) is 12.1 Å². The van der Waals surface area contributed by atoms with Crippen LogP contribution in [-0.4, -0.2) is 12.5 Å². The second kappa shape index (κ2) is 11.3. The average Bonchev–Trinajstić information content (AvgIpc) is 2.49. The number of amides is 1. The summed E-state index contributed by atoms with van der Waals surface area (Å²) >= 11 is 0. The predicted octanol–water partition coefficient (Wildman–Crippen LogP) is 5.09. The van der Waals surface area contributed by atoms with Crippen molar-refractivity contribution < 1.29 is 9.18 Å². The molecule has 3 heteroatoms. The van der Waals surface area contributed by atoms with Gasteiger partial charge in [-0.1, -0.05) is 58.3 Å². The molecule has 0 aromatic heterocycles. The maximum Gasteiger partial charge on any atom is 0.251 e. The van der Waals surface area contributed by atoms with Crippen LogP contribution < -0.4 is 5.32 Å². The van der Waals surface area contributed by atoms with Crippen molar-refractivity contribution in [1.29, 1.82) is 0 Å². The summed E-state index contributed by atoms with van der Waals surface area (Å²) in [4.78, 5) is 11.8. The van der Waals surface area contributed by atoms with E-state index in [-0.39, 0.29) is 11.7 Å². The lowest BCUT2D eigenvalue weighted by Crippen LogP contribution is -2.24. The monoisotopic (exact) mass is 293 g/mol. The van der Waals surface area contributed by atoms with Gasteiger partial charge in [-0.2, -0.15) is 0 Å². The van der Waals surface area contributed by atoms with Gasteiger partial charge < -0.3 is 5.32 Å². The lowest BCUT2D eigenvalue weighted by molar-refractivity contribution is 0.0953. The Kier molecular flexibility index (Phi) is 9.51. The quantitative estimate of drug-likeness (QED) is 0.566. The summed E-state index contributed by atoms with van der Waals surface area (Å²) < 4.78 is 12.7. The summed E-state index contributed by atoms with van der Waals surface area (Å²) in [6.07, 6.45) is 11.4. The van der Waals surface area contributed by atoms with Crippen LogP contribution in [0.15, 0.2) is 24.3 Å². The molecule has 21 heavy (non-hydrogen) atoms. The molecule has 1 N–H and O–H groups in total. The molecule has 1 amide bonds. The van der Waals surface area contributed by atoms with Crippen LogP contribution in [0.2, 0.25) is 0 Å². The Balaban J connectivity index is 1.96. The first-order valence-electron chi connectivity index (χ1n) is 8.28. The number of unbranched alkanes of at least 4 members (excludes halogenated alkanes) is 8. The average molecular weight is 293 g/mol. The molecule has 1 aromatic carbocycles. The van der Waals surface area contributed by atoms with Crippen molar-refractivity contribution in [3.05, 3.63) is 35.6 Å². The lowest BCUT2D eigenvalue weighted by atomic mass is 10.1. The second-order valence-corrected chi connectivity index (χ2v) is 5.59. The number of carbonyl (C=O) groups is 1. The highest BCUT2D eigenvalue weighted by atomic mass is 19.1. The minimum atomic E-state index is -0.314. The fraction of sp³-hybridized carbons (Fsp3) is 0.611. The lowest BCUT2D eigenvalue weighted by Gasteiger charge is -2.05. The van der Waals surface area contributed by atoms with Crippen LogP contribution in [0.5, 0.6) is 0 Å². The van der Waals surface area contributed by atoms with Crippen LogP contribution in [0.4, 0.5) is 4.39 Å². The van der Waals surface area contributed by atoms with Crippen LogP contribution in [0.3, 0.4) is 0 Å². The SMILES string of the molecule is CCCCCCCCCCCNC(=O)c1ccc(F)cc1. The summed E-state index contributed by atoms with van der Waals surface area (Å²) in [5.41, 5.74) is 0.521. The van der Waals surface area contributed by atoms with Crippen molar-refractivity contribution in [3.63, 3.8) is 0 Å². The van der Waals surface area contributed by atoms with Crippen LogP contribution in [0.25, 0.3) is 0 Å². The van der Waals surface area contributed by atoms with Crippen molar-refractivity contribution >= 4 is 5.91 Å². The van der Waals surface area contributed by atoms with Crippen molar-refractivity contribution in [2.24, 2.45) is 0 Å². The van der Waals surface area contributed by atoms with Gasteiger partial charge in [0.05, 0.1) is 0 Å². The van der Waals surface area contributed by atoms with E-state index in [4.69, 9.17) is 0 Å². The van der Waals surface area contributed by atoms with Crippen molar-refractivity contribution in [3.8, 4) is 0 Å². The molecule has 0 bridgehead atoms. The molecule has 0 unspecified atom stereocenters. The number of hydrogen-bond donors (Lipinski definition) is 1. The van der Waals surface area contributed by atoms with Gasteiger partial charge in [0.25, 0.3) is 5.91 Å². The molecule has 2 nitrogen and oxygen atoms in total. The Morgan fingerprint density at radius 3 is 2.00 bits per heavy atom. The van der Waals surface area contributed by atoms with E-state index in [9.17, 15) is 9.18 Å². The summed E-state index contributed by atoms with van der Waals surface area (Å²) in [5, 5.41) is 2.88. The molecule has 0 saturated carbocycles. The highest BCUT2D eigenvalue weighted by Gasteiger charge is 2.04. The largest absolute Gasteiger partial charge is 0.352 e. The third-order valence-electron chi connectivity index (χ3n) is 3.67. The smallest absolute Gasteiger partial charge is 0.251 e. The zero-order chi connectivity index (χ0) is 15.3. The van der Waals surface area contributed by atoms with E-state index >= 15 is 0 Å². The van der Waals surface area contributed by atoms with Crippen molar-refractivity contribution in [1.82, 2.24) is 5.32 Å². The molecule has 0 saturated heterocycles. The topological polar surface area (TPSA) is 29.1 Å². The zero-order valence-corrected chi connectivity index (χ0v) is 13.2. The number of rotatable bonds is 11. The first-order chi connectivity index (χ1) is 10.2. The van der Waals surface area contributed by atoms with Gasteiger partial charge in [-0.25, -0.2) is 4.39 Å². The van der Waals surface area contributed by atoms with Crippen molar-refractivity contribution in [2.45, 2.75) is 64.7 Å². The summed E-state index contributed by atoms with van der Waals surface area (Å²) in [5.74, 6) is -0.431. The minimum absolute atomic E-state index is 0.116. The van der Waals surface area contributed by atoms with Gasteiger partial charge >= 0.3 is 0 Å². The van der Waals surface area contributed by atoms with E-state index < -0.39 is 0 Å². The Hall–Kier alpha value is -1.38. The third kappa shape index (κ3) is 8.49. The number of nitrogens with one attached hydrogen (secondary N) is 1. The fourth-order valence-electron chi connectivity index (χ4n) is 2.34. The molecule has 0 heterocycles. The predicted molar refractivity (Wildman–Crippen MR) is 86.0 cm³/mol. The summed E-state index contributed by atoms with van der Waals surface area (Å²) in [6.45, 7) is 2.94. The molecule has 0 spiro atoms. The maximum absolute atomic E-state index is 12.7. The molecule has 1 aromatic rings. The Morgan fingerprint density at radius 2 is 1.43 bits per heavy atom. The molecule has 0 aliphatic carbocycles. The third-order valence-corrected chi connectivity index (χ3v) is 3.67. The van der Waals surface area contributed by atoms with Gasteiger partial charge in [-0.15, -0.1) is 0 Å². The molecule has 0 radical (unpaired) electrons. The molecule has 0 fully saturated rings. The standard InChI is InChI=1S/C18H28FNO/c1-2-3-4-5-6-7-8-9-10-15-20-18(21)16-11-13-17(19)14-12-16/h11-14H,2-10,15H2,1H3,(H,20,21). The Morgan fingerprint density at radius 1 is 0.905 bits per heavy atom. The Bertz CT molecular complexity index is 389. The van der Waals surface area contributed by atoms with Gasteiger partial charge in [0.15, 0.2) is 0 Å². The van der Waals surface area contributed by atoms with E-state index in [0.717, 1.165) is 12.8 Å². The van der Waals surface area contributed by atoms with Crippen LogP contribution >= 0.6 is 0 Å². The molecule has 0 aliphatic rings. The normalized spacial score (nSPS) is 10.6. The molecular formula is C18H28FNO. The van der Waals surface area contributed by atoms with Gasteiger partial charge in [-0.05, 0) is 30.7 Å². The van der Waals surface area contributed by atoms with E-state index in [1.54, 1.807) is 0 Å². The first kappa shape index (κ1) is 17.7. The van der Waals surface area contributed by atoms with Gasteiger partial charge in [0, 0.05) is 12.1 Å². The molecular weight excluding hydrogens is 265 g/mol. The molecule has 0 atom stereocenters. The number of carbonyl (C=O) groups excluding carboxylic acids is 1. The zero-order valence-electron chi connectivity index (χ0n) is 13.2. The van der Waals surface area contributed by atoms with Crippen LogP contribution in [-0.2, 0) is 0 Å². The van der Waals surface area contributed by atoms with E-state index in [2.05, 4.69) is 12.2 Å². The van der Waals surface area contributed by atoms with E-state index in [1.165, 1.54) is 69.2 Å². The minimum Gasteiger partial charge on any atom is -0.352 e. The molecule has 118 valence electrons. The maximum atomic E-state index is 12.7. The number of benzene rings is 1. The highest BCUT2D eigenvalue weighted by Crippen LogP contribution is 2.09. The summed E-state index contributed by atoms with van der Waals surface area (Å²) in [7, 11) is 0.